The molecule has 4 nitrogen and oxygen atoms in total. The summed E-state index contributed by atoms with van der Waals surface area (Å²) in [7, 11) is 0. The molecule has 0 amide bonds. The number of Topliss-reactive ketones (excluding diaryl/α,β-unsaturated/α-hetero) is 1. The predicted molar refractivity (Wildman–Crippen MR) is 92.3 cm³/mol. The number of halogens is 4. The van der Waals surface area contributed by atoms with Crippen LogP contribution in [-0.4, -0.2) is 20.5 Å². The summed E-state index contributed by atoms with van der Waals surface area (Å²) < 4.78 is 55.6. The van der Waals surface area contributed by atoms with Crippen molar-refractivity contribution in [2.45, 2.75) is 25.8 Å². The molecule has 1 aliphatic heterocycles. The largest absolute Gasteiger partial charge is 0.299 e. The molecule has 0 N–H and O–H groups in total. The first-order valence-corrected chi connectivity index (χ1v) is 8.75. The first kappa shape index (κ1) is 18.3. The smallest absolute Gasteiger partial charge is 0.215 e. The number of carbonyl (C=O) groups excluding carboxylic acids is 1. The number of ketones is 1. The topological polar surface area (TPSA) is 47.8 Å². The number of carbonyl (C=O) groups is 1. The molecule has 0 fully saturated rings. The van der Waals surface area contributed by atoms with E-state index < -0.39 is 23.5 Å². The second-order valence-corrected chi connectivity index (χ2v) is 6.81. The summed E-state index contributed by atoms with van der Waals surface area (Å²) in [5.41, 5.74) is 1.63. The van der Waals surface area contributed by atoms with Gasteiger partial charge < -0.3 is 0 Å². The van der Waals surface area contributed by atoms with E-state index in [1.54, 1.807) is 4.68 Å². The van der Waals surface area contributed by atoms with Gasteiger partial charge in [-0.15, -0.1) is 0 Å². The fraction of sp³-hybridized carbons (Fsp3) is 0.250. The van der Waals surface area contributed by atoms with E-state index in [0.717, 1.165) is 18.2 Å². The minimum atomic E-state index is -0.974. The number of rotatable bonds is 4. The predicted octanol–water partition coefficient (Wildman–Crippen LogP) is 3.88. The molecule has 0 saturated heterocycles. The highest BCUT2D eigenvalue weighted by atomic mass is 19.1. The number of fused-ring (bicyclic) bond motifs is 1. The third-order valence-corrected chi connectivity index (χ3v) is 4.96. The van der Waals surface area contributed by atoms with Gasteiger partial charge in [0.1, 0.15) is 17.4 Å². The van der Waals surface area contributed by atoms with E-state index in [9.17, 15) is 22.4 Å². The van der Waals surface area contributed by atoms with Crippen LogP contribution in [0.1, 0.15) is 17.7 Å². The summed E-state index contributed by atoms with van der Waals surface area (Å²) in [5, 5.41) is 4.24. The van der Waals surface area contributed by atoms with E-state index in [1.807, 2.05) is 0 Å². The molecular formula is C20H15F4N3O. The lowest BCUT2D eigenvalue weighted by molar-refractivity contribution is -0.122. The summed E-state index contributed by atoms with van der Waals surface area (Å²) in [5.74, 6) is -3.87. The lowest BCUT2D eigenvalue weighted by atomic mass is 9.87. The fourth-order valence-electron chi connectivity index (χ4n) is 3.60. The molecule has 2 aromatic heterocycles. The highest BCUT2D eigenvalue weighted by molar-refractivity contribution is 5.84. The minimum absolute atomic E-state index is 0.116. The molecule has 4 rings (SSSR count). The molecule has 3 heterocycles. The fourth-order valence-corrected chi connectivity index (χ4v) is 3.60. The van der Waals surface area contributed by atoms with E-state index in [0.29, 0.717) is 30.6 Å². The Bertz CT molecular complexity index is 1040. The van der Waals surface area contributed by atoms with Crippen LogP contribution < -0.4 is 0 Å². The Morgan fingerprint density at radius 3 is 2.54 bits per heavy atom. The van der Waals surface area contributed by atoms with Crippen molar-refractivity contribution in [2.24, 2.45) is 5.92 Å². The molecule has 0 aliphatic carbocycles. The molecule has 1 aliphatic rings. The van der Waals surface area contributed by atoms with Gasteiger partial charge in [0.25, 0.3) is 0 Å². The second kappa shape index (κ2) is 7.18. The number of hydrogen-bond donors (Lipinski definition) is 0. The molecule has 28 heavy (non-hydrogen) atoms. The van der Waals surface area contributed by atoms with Crippen LogP contribution in [0.4, 0.5) is 17.6 Å². The average Bonchev–Trinajstić information content (AvgIpc) is 3.04. The summed E-state index contributed by atoms with van der Waals surface area (Å²) in [6.45, 7) is 0.466. The first-order chi connectivity index (χ1) is 13.4. The van der Waals surface area contributed by atoms with Crippen LogP contribution in [0.3, 0.4) is 0 Å². The van der Waals surface area contributed by atoms with Crippen molar-refractivity contribution < 1.29 is 22.4 Å². The van der Waals surface area contributed by atoms with Gasteiger partial charge in [-0.1, -0.05) is 0 Å². The maximum atomic E-state index is 14.2. The monoisotopic (exact) mass is 389 g/mol. The molecule has 1 unspecified atom stereocenters. The minimum Gasteiger partial charge on any atom is -0.299 e. The molecule has 8 heteroatoms. The third kappa shape index (κ3) is 3.54. The molecule has 0 spiro atoms. The zero-order chi connectivity index (χ0) is 19.8. The van der Waals surface area contributed by atoms with Crippen LogP contribution >= 0.6 is 0 Å². The Balaban J connectivity index is 1.57. The van der Waals surface area contributed by atoms with Crippen LogP contribution in [0.15, 0.2) is 36.5 Å². The van der Waals surface area contributed by atoms with E-state index in [1.165, 1.54) is 18.3 Å². The molecule has 0 radical (unpaired) electrons. The zero-order valence-electron chi connectivity index (χ0n) is 14.6. The molecule has 0 saturated carbocycles. The van der Waals surface area contributed by atoms with E-state index in [-0.39, 0.29) is 29.2 Å². The number of aryl methyl sites for hydroxylation is 1. The first-order valence-electron chi connectivity index (χ1n) is 8.75. The highest BCUT2D eigenvalue weighted by Crippen LogP contribution is 2.32. The SMILES string of the molecule is O=C(Cc1cc(F)nc(F)c1)C1CCn2ncc(-c3ccc(F)cc3F)c2C1. The molecule has 3 aromatic rings. The van der Waals surface area contributed by atoms with E-state index in [2.05, 4.69) is 10.1 Å². The van der Waals surface area contributed by atoms with Gasteiger partial charge in [0.2, 0.25) is 11.9 Å². The number of pyridine rings is 1. The Kier molecular flexibility index (Phi) is 4.70. The standard InChI is InChI=1S/C20H15F4N3O/c21-13-1-2-14(16(22)9-13)15-10-25-27-4-3-12(8-17(15)27)18(28)5-11-6-19(23)26-20(24)7-11/h1-2,6-7,9-10,12H,3-5,8H2. The van der Waals surface area contributed by atoms with Gasteiger partial charge in [0.05, 0.1) is 6.20 Å². The zero-order valence-corrected chi connectivity index (χ0v) is 14.6. The number of benzene rings is 1. The Labute approximate surface area is 157 Å². The quantitative estimate of drug-likeness (QED) is 0.503. The highest BCUT2D eigenvalue weighted by Gasteiger charge is 2.28. The van der Waals surface area contributed by atoms with Crippen molar-refractivity contribution in [3.63, 3.8) is 0 Å². The third-order valence-electron chi connectivity index (χ3n) is 4.96. The summed E-state index contributed by atoms with van der Waals surface area (Å²) >= 11 is 0. The van der Waals surface area contributed by atoms with Gasteiger partial charge in [0.15, 0.2) is 0 Å². The van der Waals surface area contributed by atoms with E-state index in [4.69, 9.17) is 0 Å². The summed E-state index contributed by atoms with van der Waals surface area (Å²) in [6, 6.07) is 5.38. The van der Waals surface area contributed by atoms with Crippen molar-refractivity contribution in [1.29, 1.82) is 0 Å². The van der Waals surface area contributed by atoms with E-state index >= 15 is 0 Å². The molecule has 144 valence electrons. The maximum absolute atomic E-state index is 14.2. The Morgan fingerprint density at radius 1 is 1.07 bits per heavy atom. The van der Waals surface area contributed by atoms with Gasteiger partial charge >= 0.3 is 0 Å². The molecule has 0 bridgehead atoms. The number of nitrogens with zero attached hydrogens (tertiary/aromatic N) is 3. The lowest BCUT2D eigenvalue weighted by Gasteiger charge is -2.23. The van der Waals surface area contributed by atoms with Crippen molar-refractivity contribution >= 4 is 5.78 Å². The van der Waals surface area contributed by atoms with Crippen LogP contribution in [0.5, 0.6) is 0 Å². The molecule has 1 atom stereocenters. The average molecular weight is 389 g/mol. The second-order valence-electron chi connectivity index (χ2n) is 6.81. The van der Waals surface area contributed by atoms with Crippen LogP contribution in [0, 0.1) is 29.4 Å². The number of aromatic nitrogens is 3. The van der Waals surface area contributed by atoms with Gasteiger partial charge in [-0.3, -0.25) is 9.48 Å². The Morgan fingerprint density at radius 2 is 1.82 bits per heavy atom. The van der Waals surface area contributed by atoms with Crippen molar-refractivity contribution in [3.05, 3.63) is 71.3 Å². The van der Waals surface area contributed by atoms with Gasteiger partial charge in [-0.25, -0.2) is 8.78 Å². The van der Waals surface area contributed by atoms with Crippen molar-refractivity contribution in [3.8, 4) is 11.1 Å². The summed E-state index contributed by atoms with van der Waals surface area (Å²) in [6.07, 6.45) is 2.23. The molecular weight excluding hydrogens is 374 g/mol. The Hall–Kier alpha value is -3.03. The van der Waals surface area contributed by atoms with Gasteiger partial charge in [0, 0.05) is 41.8 Å². The lowest BCUT2D eigenvalue weighted by Crippen LogP contribution is -2.27. The van der Waals surface area contributed by atoms with Crippen LogP contribution in [0.2, 0.25) is 0 Å². The number of hydrogen-bond acceptors (Lipinski definition) is 3. The van der Waals surface area contributed by atoms with Gasteiger partial charge in [-0.05, 0) is 42.7 Å². The van der Waals surface area contributed by atoms with Crippen LogP contribution in [-0.2, 0) is 24.2 Å². The van der Waals surface area contributed by atoms with Crippen LogP contribution in [0.25, 0.3) is 11.1 Å². The normalized spacial score (nSPS) is 16.1. The van der Waals surface area contributed by atoms with Crippen molar-refractivity contribution in [1.82, 2.24) is 14.8 Å². The molecule has 1 aromatic carbocycles. The van der Waals surface area contributed by atoms with Gasteiger partial charge in [-0.2, -0.15) is 18.9 Å². The van der Waals surface area contributed by atoms with Crippen molar-refractivity contribution in [2.75, 3.05) is 0 Å². The summed E-state index contributed by atoms with van der Waals surface area (Å²) in [4.78, 5) is 15.7. The maximum Gasteiger partial charge on any atom is 0.215 e.